The molecule has 216 valence electrons. The Balaban J connectivity index is 1.10. The second kappa shape index (κ2) is 14.1. The Labute approximate surface area is 252 Å². The van der Waals surface area contributed by atoms with Crippen molar-refractivity contribution < 1.29 is 9.59 Å². The zero-order chi connectivity index (χ0) is 29.3. The summed E-state index contributed by atoms with van der Waals surface area (Å²) in [5.41, 5.74) is 4.25. The molecule has 0 aliphatic carbocycles. The molecular formula is C34H37N5O2S. The number of unbranched alkanes of at least 4 members (excludes halogenated alkanes) is 1. The van der Waals surface area contributed by atoms with Gasteiger partial charge in [0, 0.05) is 55.2 Å². The lowest BCUT2D eigenvalue weighted by molar-refractivity contribution is -0.139. The highest BCUT2D eigenvalue weighted by molar-refractivity contribution is 7.99. The Bertz CT molecular complexity index is 1500. The Morgan fingerprint density at radius 3 is 2.33 bits per heavy atom. The number of piperazine rings is 1. The molecule has 1 unspecified atom stereocenters. The van der Waals surface area contributed by atoms with E-state index in [9.17, 15) is 9.59 Å². The number of hydrogen-bond donors (Lipinski definition) is 0. The molecule has 0 saturated carbocycles. The van der Waals surface area contributed by atoms with Crippen molar-refractivity contribution in [3.8, 4) is 17.1 Å². The van der Waals surface area contributed by atoms with E-state index in [0.29, 0.717) is 26.1 Å². The lowest BCUT2D eigenvalue weighted by atomic mass is 10.1. The van der Waals surface area contributed by atoms with Gasteiger partial charge < -0.3 is 9.80 Å². The van der Waals surface area contributed by atoms with E-state index in [0.717, 1.165) is 46.4 Å². The van der Waals surface area contributed by atoms with Crippen molar-refractivity contribution in [2.45, 2.75) is 44.3 Å². The normalized spacial score (nSPS) is 15.3. The highest BCUT2D eigenvalue weighted by atomic mass is 32.2. The van der Waals surface area contributed by atoms with Crippen molar-refractivity contribution in [1.82, 2.24) is 24.6 Å². The number of benzene rings is 3. The van der Waals surface area contributed by atoms with Gasteiger partial charge in [-0.1, -0.05) is 90.1 Å². The summed E-state index contributed by atoms with van der Waals surface area (Å²) in [6.45, 7) is 5.79. The number of para-hydroxylation sites is 1. The van der Waals surface area contributed by atoms with Crippen molar-refractivity contribution in [2.75, 3.05) is 25.4 Å². The van der Waals surface area contributed by atoms with Gasteiger partial charge in [-0.25, -0.2) is 0 Å². The summed E-state index contributed by atoms with van der Waals surface area (Å²) < 4.78 is 2.11. The minimum Gasteiger partial charge on any atom is -0.339 e. The minimum atomic E-state index is -0.0155. The maximum absolute atomic E-state index is 13.0. The van der Waals surface area contributed by atoms with Crippen LogP contribution in [-0.2, 0) is 9.59 Å². The SMILES string of the molecule is Cc1ccc(-c2nnc(SCCCCC(=O)N3CCN(C(=O)C=Cc4ccccc4)C(C)C3)n2-c2ccccc2)cc1. The van der Waals surface area contributed by atoms with Crippen LogP contribution in [-0.4, -0.2) is 67.8 Å². The Morgan fingerprint density at radius 2 is 1.62 bits per heavy atom. The van der Waals surface area contributed by atoms with Gasteiger partial charge in [0.2, 0.25) is 11.8 Å². The van der Waals surface area contributed by atoms with Crippen LogP contribution in [0.2, 0.25) is 0 Å². The molecule has 7 nitrogen and oxygen atoms in total. The molecule has 1 aliphatic rings. The van der Waals surface area contributed by atoms with E-state index >= 15 is 0 Å². The van der Waals surface area contributed by atoms with Gasteiger partial charge in [-0.05, 0) is 50.5 Å². The average Bonchev–Trinajstić information content (AvgIpc) is 3.44. The maximum atomic E-state index is 13.0. The molecule has 0 spiro atoms. The van der Waals surface area contributed by atoms with E-state index in [1.807, 2.05) is 71.3 Å². The van der Waals surface area contributed by atoms with Crippen LogP contribution in [0.3, 0.4) is 0 Å². The van der Waals surface area contributed by atoms with Gasteiger partial charge in [-0.15, -0.1) is 10.2 Å². The molecule has 2 amide bonds. The molecule has 42 heavy (non-hydrogen) atoms. The summed E-state index contributed by atoms with van der Waals surface area (Å²) in [5, 5.41) is 9.90. The summed E-state index contributed by atoms with van der Waals surface area (Å²) in [4.78, 5) is 29.5. The molecule has 2 heterocycles. The highest BCUT2D eigenvalue weighted by Gasteiger charge is 2.28. The van der Waals surface area contributed by atoms with Crippen LogP contribution in [0, 0.1) is 6.92 Å². The van der Waals surface area contributed by atoms with E-state index in [4.69, 9.17) is 0 Å². The second-order valence-corrected chi connectivity index (χ2v) is 11.7. The van der Waals surface area contributed by atoms with Crippen LogP contribution in [0.25, 0.3) is 23.2 Å². The van der Waals surface area contributed by atoms with Gasteiger partial charge in [0.15, 0.2) is 11.0 Å². The second-order valence-electron chi connectivity index (χ2n) is 10.6. The molecule has 1 aliphatic heterocycles. The largest absolute Gasteiger partial charge is 0.339 e. The van der Waals surface area contributed by atoms with Crippen LogP contribution in [0.4, 0.5) is 0 Å². The Kier molecular flexibility index (Phi) is 9.87. The first-order valence-corrected chi connectivity index (χ1v) is 15.5. The highest BCUT2D eigenvalue weighted by Crippen LogP contribution is 2.29. The first-order valence-electron chi connectivity index (χ1n) is 14.5. The fourth-order valence-electron chi connectivity index (χ4n) is 5.10. The van der Waals surface area contributed by atoms with Crippen molar-refractivity contribution in [2.24, 2.45) is 0 Å². The topological polar surface area (TPSA) is 71.3 Å². The first-order chi connectivity index (χ1) is 20.5. The standard InChI is InChI=1S/C34H37N5O2S/c1-26-16-19-29(20-17-26)33-35-36-34(39(33)30-13-7-4-8-14-30)42-24-10-9-15-31(40)37-22-23-38(27(2)25-37)32(41)21-18-28-11-5-3-6-12-28/h3-8,11-14,16-21,27H,9-10,15,22-25H2,1-2H3. The Hall–Kier alpha value is -4.17. The number of aromatic nitrogens is 3. The minimum absolute atomic E-state index is 0.00985. The van der Waals surface area contributed by atoms with E-state index in [1.165, 1.54) is 5.56 Å². The smallest absolute Gasteiger partial charge is 0.246 e. The van der Waals surface area contributed by atoms with E-state index in [2.05, 4.69) is 58.1 Å². The molecule has 0 radical (unpaired) electrons. The molecule has 0 bridgehead atoms. The predicted octanol–water partition coefficient (Wildman–Crippen LogP) is 6.28. The van der Waals surface area contributed by atoms with Crippen molar-refractivity contribution in [3.63, 3.8) is 0 Å². The number of carbonyl (C=O) groups excluding carboxylic acids is 2. The van der Waals surface area contributed by atoms with Gasteiger partial charge in [0.1, 0.15) is 0 Å². The molecule has 1 fully saturated rings. The van der Waals surface area contributed by atoms with Crippen molar-refractivity contribution in [1.29, 1.82) is 0 Å². The van der Waals surface area contributed by atoms with Crippen LogP contribution in [0.1, 0.15) is 37.3 Å². The van der Waals surface area contributed by atoms with Gasteiger partial charge in [-0.3, -0.25) is 14.2 Å². The molecule has 4 aromatic rings. The van der Waals surface area contributed by atoms with Crippen molar-refractivity contribution in [3.05, 3.63) is 102 Å². The number of aryl methyl sites for hydroxylation is 1. The lowest BCUT2D eigenvalue weighted by Crippen LogP contribution is -2.55. The number of nitrogens with zero attached hydrogens (tertiary/aromatic N) is 5. The number of amides is 2. The van der Waals surface area contributed by atoms with Gasteiger partial charge in [0.05, 0.1) is 0 Å². The fourth-order valence-corrected chi connectivity index (χ4v) is 6.05. The summed E-state index contributed by atoms with van der Waals surface area (Å²) in [7, 11) is 0. The van der Waals surface area contributed by atoms with Gasteiger partial charge >= 0.3 is 0 Å². The molecular weight excluding hydrogens is 542 g/mol. The summed E-state index contributed by atoms with van der Waals surface area (Å²) >= 11 is 1.67. The first kappa shape index (κ1) is 29.3. The van der Waals surface area contributed by atoms with E-state index in [-0.39, 0.29) is 17.9 Å². The molecule has 3 aromatic carbocycles. The summed E-state index contributed by atoms with van der Waals surface area (Å²) in [6, 6.07) is 28.3. The van der Waals surface area contributed by atoms with Crippen LogP contribution < -0.4 is 0 Å². The molecule has 1 aromatic heterocycles. The predicted molar refractivity (Wildman–Crippen MR) is 169 cm³/mol. The van der Waals surface area contributed by atoms with Crippen LogP contribution in [0.15, 0.2) is 96.2 Å². The number of hydrogen-bond acceptors (Lipinski definition) is 5. The van der Waals surface area contributed by atoms with Crippen LogP contribution in [0.5, 0.6) is 0 Å². The quantitative estimate of drug-likeness (QED) is 0.126. The zero-order valence-corrected chi connectivity index (χ0v) is 25.0. The van der Waals surface area contributed by atoms with Gasteiger partial charge in [-0.2, -0.15) is 0 Å². The van der Waals surface area contributed by atoms with Crippen molar-refractivity contribution >= 4 is 29.7 Å². The average molecular weight is 580 g/mol. The third kappa shape index (κ3) is 7.36. The van der Waals surface area contributed by atoms with Crippen LogP contribution >= 0.6 is 11.8 Å². The maximum Gasteiger partial charge on any atom is 0.246 e. The number of rotatable bonds is 10. The number of carbonyl (C=O) groups is 2. The monoisotopic (exact) mass is 579 g/mol. The third-order valence-electron chi connectivity index (χ3n) is 7.45. The lowest BCUT2D eigenvalue weighted by Gasteiger charge is -2.39. The Morgan fingerprint density at radius 1 is 0.905 bits per heavy atom. The summed E-state index contributed by atoms with van der Waals surface area (Å²) in [5.74, 6) is 1.82. The third-order valence-corrected chi connectivity index (χ3v) is 8.47. The molecule has 1 saturated heterocycles. The molecule has 5 rings (SSSR count). The summed E-state index contributed by atoms with van der Waals surface area (Å²) in [6.07, 6.45) is 5.69. The van der Waals surface area contributed by atoms with E-state index in [1.54, 1.807) is 17.8 Å². The van der Waals surface area contributed by atoms with E-state index < -0.39 is 0 Å². The molecule has 0 N–H and O–H groups in total. The fraction of sp³-hybridized carbons (Fsp3) is 0.294. The van der Waals surface area contributed by atoms with Gasteiger partial charge in [0.25, 0.3) is 0 Å². The molecule has 1 atom stereocenters. The zero-order valence-electron chi connectivity index (χ0n) is 24.2. The number of thioether (sulfide) groups is 1. The molecule has 8 heteroatoms.